The van der Waals surface area contributed by atoms with Gasteiger partial charge in [-0.05, 0) is 60.4 Å². The number of fused-ring (bicyclic) bond motifs is 1. The van der Waals surface area contributed by atoms with E-state index in [2.05, 4.69) is 19.9 Å². The second-order valence-electron chi connectivity index (χ2n) is 20.6. The third-order valence-electron chi connectivity index (χ3n) is 14.1. The van der Waals surface area contributed by atoms with Gasteiger partial charge >= 0.3 is 30.0 Å². The number of halogens is 2. The predicted molar refractivity (Wildman–Crippen MR) is 293 cm³/mol. The Labute approximate surface area is 450 Å². The summed E-state index contributed by atoms with van der Waals surface area (Å²) < 4.78 is 27.4. The summed E-state index contributed by atoms with van der Waals surface area (Å²) in [6, 6.07) is 13.4. The topological polar surface area (TPSA) is 135 Å². The molecule has 0 N–H and O–H groups in total. The van der Waals surface area contributed by atoms with Crippen LogP contribution in [0.25, 0.3) is 0 Å². The van der Waals surface area contributed by atoms with E-state index in [1.165, 1.54) is 120 Å². The number of carbonyl (C=O) groups excluding carboxylic acids is 5. The Hall–Kier alpha value is -3.83. The largest absolute Gasteiger partial charge is 0.462 e. The van der Waals surface area contributed by atoms with Crippen molar-refractivity contribution in [3.63, 3.8) is 0 Å². The van der Waals surface area contributed by atoms with Crippen molar-refractivity contribution in [1.29, 1.82) is 0 Å². The second-order valence-corrected chi connectivity index (χ2v) is 21.4. The summed E-state index contributed by atoms with van der Waals surface area (Å²) in [4.78, 5) is 66.1. The summed E-state index contributed by atoms with van der Waals surface area (Å²) >= 11 is 12.5. The molecule has 0 saturated heterocycles. The van der Waals surface area contributed by atoms with Gasteiger partial charge in [-0.25, -0.2) is 4.79 Å². The first-order valence-electron chi connectivity index (χ1n) is 28.5. The van der Waals surface area contributed by atoms with Crippen LogP contribution >= 0.6 is 23.2 Å². The van der Waals surface area contributed by atoms with E-state index in [-0.39, 0.29) is 62.8 Å². The van der Waals surface area contributed by atoms with Gasteiger partial charge < -0.3 is 28.6 Å². The molecular formula is C60H93Cl2NO10. The molecule has 0 heterocycles. The van der Waals surface area contributed by atoms with Crippen molar-refractivity contribution in [2.75, 3.05) is 27.1 Å². The first-order valence-corrected chi connectivity index (χ1v) is 29.3. The Morgan fingerprint density at radius 1 is 0.534 bits per heavy atom. The quantitative estimate of drug-likeness (QED) is 0.0274. The molecule has 0 radical (unpaired) electrons. The zero-order valence-corrected chi connectivity index (χ0v) is 46.9. The summed E-state index contributed by atoms with van der Waals surface area (Å²) in [5.74, 6) is -2.46. The number of benzene rings is 2. The second kappa shape index (κ2) is 39.6. The molecule has 0 aliphatic heterocycles. The van der Waals surface area contributed by atoms with Crippen LogP contribution in [-0.2, 0) is 42.9 Å². The number of unbranched alkanes of at least 4 members (excludes halogenated alkanes) is 24. The van der Waals surface area contributed by atoms with E-state index in [1.807, 2.05) is 30.3 Å². The number of rotatable bonds is 41. The molecule has 73 heavy (non-hydrogen) atoms. The van der Waals surface area contributed by atoms with Crippen LogP contribution in [0.4, 0.5) is 4.79 Å². The minimum Gasteiger partial charge on any atom is -0.462 e. The summed E-state index contributed by atoms with van der Waals surface area (Å²) in [7, 11) is 1.66. The fourth-order valence-electron chi connectivity index (χ4n) is 9.76. The highest BCUT2D eigenvalue weighted by Crippen LogP contribution is 2.44. The molecule has 0 fully saturated rings. The number of hydrogen-bond donors (Lipinski definition) is 0. The van der Waals surface area contributed by atoms with Crippen molar-refractivity contribution in [3.8, 4) is 0 Å². The number of esters is 4. The van der Waals surface area contributed by atoms with Crippen molar-refractivity contribution in [2.24, 2.45) is 5.92 Å². The van der Waals surface area contributed by atoms with Crippen LogP contribution in [0.3, 0.4) is 0 Å². The number of amides is 1. The third-order valence-corrected chi connectivity index (χ3v) is 14.9. The van der Waals surface area contributed by atoms with Gasteiger partial charge in [0.05, 0.1) is 16.1 Å². The maximum atomic E-state index is 13.2. The maximum Gasteiger partial charge on any atom is 0.412 e. The lowest BCUT2D eigenvalue weighted by Gasteiger charge is -2.36. The molecule has 3 rings (SSSR count). The van der Waals surface area contributed by atoms with Crippen molar-refractivity contribution < 1.29 is 47.7 Å². The number of carbonyl (C=O) groups is 5. The fraction of sp³-hybridized carbons (Fsp3) is 0.717. The van der Waals surface area contributed by atoms with Gasteiger partial charge in [-0.2, -0.15) is 0 Å². The zero-order chi connectivity index (χ0) is 52.9. The SMILES string of the molecule is CCCCCCCCCCCCCCCC(=O)OCC(COC(=O)CCCCCCCCCCCCCCC)OC(=O)CC(C)CC(=O)OCOC(=O)N(C)[C@H]1CCC(c2ccc(Cl)c(Cl)c2)c2ccccc21. The van der Waals surface area contributed by atoms with Gasteiger partial charge in [-0.15, -0.1) is 0 Å². The van der Waals surface area contributed by atoms with Crippen LogP contribution in [0, 0.1) is 5.92 Å². The molecule has 13 heteroatoms. The smallest absolute Gasteiger partial charge is 0.412 e. The number of nitrogens with zero attached hydrogens (tertiary/aromatic N) is 1. The molecular weight excluding hydrogens is 966 g/mol. The summed E-state index contributed by atoms with van der Waals surface area (Å²) in [6.07, 6.45) is 31.4. The van der Waals surface area contributed by atoms with E-state index in [4.69, 9.17) is 46.9 Å². The van der Waals surface area contributed by atoms with Crippen molar-refractivity contribution in [3.05, 3.63) is 69.2 Å². The molecule has 1 aliphatic carbocycles. The van der Waals surface area contributed by atoms with Gasteiger partial charge in [0.2, 0.25) is 6.79 Å². The van der Waals surface area contributed by atoms with Gasteiger partial charge in [0, 0.05) is 38.6 Å². The highest BCUT2D eigenvalue weighted by Gasteiger charge is 2.33. The molecule has 2 aromatic rings. The lowest BCUT2D eigenvalue weighted by atomic mass is 9.76. The number of ether oxygens (including phenoxy) is 5. The van der Waals surface area contributed by atoms with Crippen LogP contribution in [-0.4, -0.2) is 68.0 Å². The van der Waals surface area contributed by atoms with E-state index >= 15 is 0 Å². The van der Waals surface area contributed by atoms with E-state index in [9.17, 15) is 24.0 Å². The minimum atomic E-state index is -0.993. The Morgan fingerprint density at radius 2 is 0.986 bits per heavy atom. The number of hydrogen-bond acceptors (Lipinski definition) is 10. The summed E-state index contributed by atoms with van der Waals surface area (Å²) in [6.45, 7) is 5.13. The molecule has 412 valence electrons. The van der Waals surface area contributed by atoms with E-state index in [1.54, 1.807) is 20.0 Å². The molecule has 3 atom stereocenters. The Balaban J connectivity index is 1.39. The fourth-order valence-corrected chi connectivity index (χ4v) is 10.1. The highest BCUT2D eigenvalue weighted by molar-refractivity contribution is 6.42. The lowest BCUT2D eigenvalue weighted by Crippen LogP contribution is -2.35. The van der Waals surface area contributed by atoms with Gasteiger partial charge in [0.1, 0.15) is 13.2 Å². The van der Waals surface area contributed by atoms with Gasteiger partial charge in [-0.1, -0.05) is 228 Å². The predicted octanol–water partition coefficient (Wildman–Crippen LogP) is 16.9. The van der Waals surface area contributed by atoms with Crippen molar-refractivity contribution in [2.45, 2.75) is 244 Å². The third kappa shape index (κ3) is 28.0. The average Bonchev–Trinajstić information content (AvgIpc) is 3.37. The maximum absolute atomic E-state index is 13.2. The summed E-state index contributed by atoms with van der Waals surface area (Å²) in [5.41, 5.74) is 3.13. The van der Waals surface area contributed by atoms with Gasteiger partial charge in [-0.3, -0.25) is 19.2 Å². The normalized spacial score (nSPS) is 14.6. The van der Waals surface area contributed by atoms with Crippen molar-refractivity contribution >= 4 is 53.2 Å². The van der Waals surface area contributed by atoms with E-state index < -0.39 is 36.8 Å². The molecule has 11 nitrogen and oxygen atoms in total. The van der Waals surface area contributed by atoms with E-state index in [0.717, 1.165) is 74.5 Å². The molecule has 0 bridgehead atoms. The van der Waals surface area contributed by atoms with Crippen LogP contribution < -0.4 is 0 Å². The molecule has 0 spiro atoms. The van der Waals surface area contributed by atoms with Crippen LogP contribution in [0.2, 0.25) is 10.0 Å². The Bertz CT molecular complexity index is 1810. The minimum absolute atomic E-state index is 0.0835. The highest BCUT2D eigenvalue weighted by atomic mass is 35.5. The van der Waals surface area contributed by atoms with Crippen LogP contribution in [0.5, 0.6) is 0 Å². The lowest BCUT2D eigenvalue weighted by molar-refractivity contribution is -0.168. The molecule has 2 aromatic carbocycles. The first kappa shape index (κ1) is 63.5. The van der Waals surface area contributed by atoms with Crippen LogP contribution in [0.15, 0.2) is 42.5 Å². The van der Waals surface area contributed by atoms with Gasteiger partial charge in [0.25, 0.3) is 0 Å². The monoisotopic (exact) mass is 1060 g/mol. The first-order chi connectivity index (χ1) is 35.4. The average molecular weight is 1060 g/mol. The standard InChI is InChI=1S/C60H93Cl2NO10/c1-5-7-9-11-13-15-17-19-21-23-25-27-29-35-56(64)69-44-49(45-70-57(65)36-30-28-26-24-22-20-18-16-14-12-10-8-6-2)73-59(67)42-47(3)41-58(66)71-46-72-60(68)63(4)55-40-38-50(51-33-31-32-34-52(51)55)48-37-39-53(61)54(62)43-48/h31-34,37,39,43,47,49-50,55H,5-30,35-36,38,40-42,44-46H2,1-4H3/t47?,50?,55-/m0/s1. The Kier molecular flexibility index (Phi) is 34.4. The van der Waals surface area contributed by atoms with Gasteiger partial charge in [0.15, 0.2) is 6.10 Å². The Morgan fingerprint density at radius 3 is 1.47 bits per heavy atom. The molecule has 2 unspecified atom stereocenters. The molecule has 0 aromatic heterocycles. The summed E-state index contributed by atoms with van der Waals surface area (Å²) in [5, 5.41) is 0.986. The van der Waals surface area contributed by atoms with E-state index in [0.29, 0.717) is 16.5 Å². The van der Waals surface area contributed by atoms with Crippen LogP contribution in [0.1, 0.15) is 255 Å². The van der Waals surface area contributed by atoms with Crippen molar-refractivity contribution in [1.82, 2.24) is 4.90 Å². The molecule has 1 amide bonds. The molecule has 1 aliphatic rings. The molecule has 0 saturated carbocycles. The zero-order valence-electron chi connectivity index (χ0n) is 45.4.